The van der Waals surface area contributed by atoms with Crippen LogP contribution in [0, 0.1) is 0 Å². The average molecular weight is 382 g/mol. The van der Waals surface area contributed by atoms with E-state index in [0.717, 1.165) is 23.5 Å². The van der Waals surface area contributed by atoms with E-state index in [-0.39, 0.29) is 24.3 Å². The van der Waals surface area contributed by atoms with Crippen molar-refractivity contribution in [3.8, 4) is 0 Å². The van der Waals surface area contributed by atoms with Gasteiger partial charge in [-0.25, -0.2) is 0 Å². The molecule has 7 heteroatoms. The van der Waals surface area contributed by atoms with Gasteiger partial charge in [0.15, 0.2) is 0 Å². The molecule has 0 fully saturated rings. The Bertz CT molecular complexity index is 817. The van der Waals surface area contributed by atoms with Gasteiger partial charge in [-0.3, -0.25) is 14.4 Å². The molecule has 0 aliphatic heterocycles. The van der Waals surface area contributed by atoms with Crippen molar-refractivity contribution >= 4 is 40.5 Å². The molecular formula is C21H26N4O3. The molecule has 0 atom stereocenters. The third kappa shape index (κ3) is 6.42. The Kier molecular flexibility index (Phi) is 7.56. The molecule has 3 N–H and O–H groups in total. The van der Waals surface area contributed by atoms with Crippen LogP contribution in [0.3, 0.4) is 0 Å². The number of rotatable bonds is 8. The lowest BCUT2D eigenvalue weighted by Gasteiger charge is -2.15. The molecule has 0 bridgehead atoms. The predicted octanol–water partition coefficient (Wildman–Crippen LogP) is 3.46. The number of benzene rings is 2. The van der Waals surface area contributed by atoms with E-state index >= 15 is 0 Å². The number of anilines is 4. The second-order valence-electron chi connectivity index (χ2n) is 6.40. The molecule has 3 amide bonds. The number of carbonyl (C=O) groups is 3. The topological polar surface area (TPSA) is 90.5 Å². The van der Waals surface area contributed by atoms with E-state index in [1.165, 1.54) is 11.8 Å². The Hall–Kier alpha value is -3.35. The first-order chi connectivity index (χ1) is 13.4. The summed E-state index contributed by atoms with van der Waals surface area (Å²) in [6.45, 7) is 3.56. The van der Waals surface area contributed by atoms with Crippen LogP contribution >= 0.6 is 0 Å². The van der Waals surface area contributed by atoms with Crippen molar-refractivity contribution in [1.82, 2.24) is 0 Å². The quantitative estimate of drug-likeness (QED) is 0.652. The maximum absolute atomic E-state index is 12.1. The van der Waals surface area contributed by atoms with Crippen LogP contribution < -0.4 is 20.9 Å². The molecule has 2 aromatic rings. The highest BCUT2D eigenvalue weighted by Crippen LogP contribution is 2.17. The molecule has 0 radical (unpaired) electrons. The lowest BCUT2D eigenvalue weighted by atomic mass is 10.2. The summed E-state index contributed by atoms with van der Waals surface area (Å²) in [6, 6.07) is 14.2. The van der Waals surface area contributed by atoms with Crippen molar-refractivity contribution in [1.29, 1.82) is 0 Å². The van der Waals surface area contributed by atoms with Crippen LogP contribution in [0.25, 0.3) is 0 Å². The Morgan fingerprint density at radius 1 is 0.821 bits per heavy atom. The minimum Gasteiger partial charge on any atom is -0.376 e. The molecule has 2 rings (SSSR count). The summed E-state index contributed by atoms with van der Waals surface area (Å²) in [4.78, 5) is 36.6. The van der Waals surface area contributed by atoms with E-state index in [0.29, 0.717) is 12.1 Å². The highest BCUT2D eigenvalue weighted by molar-refractivity contribution is 5.95. The summed E-state index contributed by atoms with van der Waals surface area (Å²) in [7, 11) is 1.69. The van der Waals surface area contributed by atoms with Crippen molar-refractivity contribution in [2.45, 2.75) is 26.7 Å². The number of nitrogens with one attached hydrogen (secondary N) is 3. The second kappa shape index (κ2) is 10.1. The predicted molar refractivity (Wildman–Crippen MR) is 113 cm³/mol. The summed E-state index contributed by atoms with van der Waals surface area (Å²) in [6.07, 6.45) is 1.29. The Morgan fingerprint density at radius 3 is 1.86 bits per heavy atom. The average Bonchev–Trinajstić information content (AvgIpc) is 2.67. The first kappa shape index (κ1) is 21.0. The van der Waals surface area contributed by atoms with E-state index < -0.39 is 0 Å². The van der Waals surface area contributed by atoms with Gasteiger partial charge in [0.1, 0.15) is 0 Å². The SMILES string of the molecule is CCCC(=O)Nc1ccc(NCC(=O)Nc2ccc(N(C)C(C)=O)cc2)cc1. The smallest absolute Gasteiger partial charge is 0.243 e. The first-order valence-electron chi connectivity index (χ1n) is 9.17. The van der Waals surface area contributed by atoms with Gasteiger partial charge in [0.2, 0.25) is 17.7 Å². The van der Waals surface area contributed by atoms with Gasteiger partial charge in [0, 0.05) is 43.1 Å². The standard InChI is InChI=1S/C21H26N4O3/c1-4-5-20(27)23-17-8-6-16(7-9-17)22-14-21(28)24-18-10-12-19(13-11-18)25(3)15(2)26/h6-13,22H,4-5,14H2,1-3H3,(H,23,27)(H,24,28). The molecule has 2 aromatic carbocycles. The minimum absolute atomic E-state index is 0.0110. The number of carbonyl (C=O) groups excluding carboxylic acids is 3. The maximum atomic E-state index is 12.1. The fourth-order valence-electron chi connectivity index (χ4n) is 2.46. The molecule has 0 aliphatic carbocycles. The van der Waals surface area contributed by atoms with Crippen LogP contribution in [0.4, 0.5) is 22.7 Å². The lowest BCUT2D eigenvalue weighted by molar-refractivity contribution is -0.117. The summed E-state index contributed by atoms with van der Waals surface area (Å²) < 4.78 is 0. The summed E-state index contributed by atoms with van der Waals surface area (Å²) in [5.41, 5.74) is 2.92. The number of hydrogen-bond acceptors (Lipinski definition) is 4. The maximum Gasteiger partial charge on any atom is 0.243 e. The highest BCUT2D eigenvalue weighted by atomic mass is 16.2. The molecule has 0 saturated carbocycles. The van der Waals surface area contributed by atoms with E-state index in [2.05, 4.69) is 16.0 Å². The van der Waals surface area contributed by atoms with Gasteiger partial charge in [-0.1, -0.05) is 6.92 Å². The van der Waals surface area contributed by atoms with E-state index in [1.807, 2.05) is 6.92 Å². The fraction of sp³-hybridized carbons (Fsp3) is 0.286. The Balaban J connectivity index is 1.82. The van der Waals surface area contributed by atoms with Crippen LogP contribution in [0.1, 0.15) is 26.7 Å². The molecule has 0 saturated heterocycles. The normalized spacial score (nSPS) is 10.1. The third-order valence-electron chi connectivity index (χ3n) is 4.11. The second-order valence-corrected chi connectivity index (χ2v) is 6.40. The zero-order valence-electron chi connectivity index (χ0n) is 16.4. The molecule has 0 heterocycles. The molecule has 0 aromatic heterocycles. The Labute approximate surface area is 165 Å². The summed E-state index contributed by atoms with van der Waals surface area (Å²) >= 11 is 0. The lowest BCUT2D eigenvalue weighted by Crippen LogP contribution is -2.23. The fourth-order valence-corrected chi connectivity index (χ4v) is 2.46. The molecular weight excluding hydrogens is 356 g/mol. The van der Waals surface area contributed by atoms with Gasteiger partial charge >= 0.3 is 0 Å². The molecule has 7 nitrogen and oxygen atoms in total. The van der Waals surface area contributed by atoms with Crippen molar-refractivity contribution in [2.75, 3.05) is 34.4 Å². The van der Waals surface area contributed by atoms with Gasteiger partial charge < -0.3 is 20.9 Å². The Morgan fingerprint density at radius 2 is 1.32 bits per heavy atom. The highest BCUT2D eigenvalue weighted by Gasteiger charge is 2.07. The minimum atomic E-state index is -0.187. The van der Waals surface area contributed by atoms with Crippen LogP contribution in [0.2, 0.25) is 0 Å². The van der Waals surface area contributed by atoms with Crippen molar-refractivity contribution in [2.24, 2.45) is 0 Å². The van der Waals surface area contributed by atoms with E-state index in [1.54, 1.807) is 55.6 Å². The third-order valence-corrected chi connectivity index (χ3v) is 4.11. The molecule has 0 unspecified atom stereocenters. The van der Waals surface area contributed by atoms with Crippen LogP contribution in [-0.2, 0) is 14.4 Å². The van der Waals surface area contributed by atoms with Gasteiger partial charge in [-0.15, -0.1) is 0 Å². The zero-order chi connectivity index (χ0) is 20.5. The van der Waals surface area contributed by atoms with Gasteiger partial charge in [-0.05, 0) is 55.0 Å². The van der Waals surface area contributed by atoms with E-state index in [9.17, 15) is 14.4 Å². The molecule has 28 heavy (non-hydrogen) atoms. The van der Waals surface area contributed by atoms with Crippen molar-refractivity contribution in [3.05, 3.63) is 48.5 Å². The number of nitrogens with zero attached hydrogens (tertiary/aromatic N) is 1. The summed E-state index contributed by atoms with van der Waals surface area (Å²) in [5, 5.41) is 8.65. The van der Waals surface area contributed by atoms with Gasteiger partial charge in [0.05, 0.1) is 6.54 Å². The van der Waals surface area contributed by atoms with Crippen LogP contribution in [0.5, 0.6) is 0 Å². The zero-order valence-corrected chi connectivity index (χ0v) is 16.4. The van der Waals surface area contributed by atoms with Crippen molar-refractivity contribution in [3.63, 3.8) is 0 Å². The van der Waals surface area contributed by atoms with Crippen molar-refractivity contribution < 1.29 is 14.4 Å². The van der Waals surface area contributed by atoms with E-state index in [4.69, 9.17) is 0 Å². The monoisotopic (exact) mass is 382 g/mol. The van der Waals surface area contributed by atoms with Crippen LogP contribution in [0.15, 0.2) is 48.5 Å². The van der Waals surface area contributed by atoms with Crippen LogP contribution in [-0.4, -0.2) is 31.3 Å². The van der Waals surface area contributed by atoms with Gasteiger partial charge in [-0.2, -0.15) is 0 Å². The number of hydrogen-bond donors (Lipinski definition) is 3. The molecule has 0 spiro atoms. The first-order valence-corrected chi connectivity index (χ1v) is 9.17. The molecule has 148 valence electrons. The molecule has 0 aliphatic rings. The number of amides is 3. The largest absolute Gasteiger partial charge is 0.376 e. The summed E-state index contributed by atoms with van der Waals surface area (Å²) in [5.74, 6) is -0.256. The van der Waals surface area contributed by atoms with Gasteiger partial charge in [0.25, 0.3) is 0 Å².